The third kappa shape index (κ3) is 3.87. The van der Waals surface area contributed by atoms with Crippen molar-refractivity contribution in [3.63, 3.8) is 0 Å². The monoisotopic (exact) mass is 357 g/mol. The van der Waals surface area contributed by atoms with Gasteiger partial charge in [0, 0.05) is 24.3 Å². The highest BCUT2D eigenvalue weighted by Gasteiger charge is 2.43. The molecule has 0 aromatic rings. The van der Waals surface area contributed by atoms with Crippen LogP contribution in [0.5, 0.6) is 0 Å². The number of carbonyl (C=O) groups excluding carboxylic acids is 1. The highest BCUT2D eigenvalue weighted by molar-refractivity contribution is 9.09. The van der Waals surface area contributed by atoms with Crippen LogP contribution < -0.4 is 0 Å². The van der Waals surface area contributed by atoms with Crippen molar-refractivity contribution in [1.29, 1.82) is 0 Å². The molecule has 0 spiro atoms. The summed E-state index contributed by atoms with van der Waals surface area (Å²) in [5.41, 5.74) is 0. The maximum atomic E-state index is 12.6. The van der Waals surface area contributed by atoms with Crippen molar-refractivity contribution >= 4 is 21.8 Å². The van der Waals surface area contributed by atoms with Crippen molar-refractivity contribution in [2.45, 2.75) is 38.0 Å². The first-order valence-electron chi connectivity index (χ1n) is 6.95. The van der Waals surface area contributed by atoms with Crippen molar-refractivity contribution in [2.75, 3.05) is 25.0 Å². The Bertz CT molecular complexity index is 343. The van der Waals surface area contributed by atoms with Crippen LogP contribution in [0.3, 0.4) is 0 Å². The van der Waals surface area contributed by atoms with Gasteiger partial charge in [0.2, 0.25) is 5.91 Å². The molecule has 1 saturated heterocycles. The quantitative estimate of drug-likeness (QED) is 0.711. The number of rotatable bonds is 2. The molecule has 1 amide bonds. The smallest absolute Gasteiger partial charge is 0.374 e. The standard InChI is InChI=1S/C13H19BrF3NO2/c14-7-11-8-18(5-6-20-11)12(19)9-1-3-10(4-2-9)13(15,16)17/h9-11H,1-8H2. The maximum Gasteiger partial charge on any atom is 0.391 e. The van der Waals surface area contributed by atoms with E-state index in [0.717, 1.165) is 0 Å². The van der Waals surface area contributed by atoms with Crippen LogP contribution in [0.4, 0.5) is 13.2 Å². The van der Waals surface area contributed by atoms with Crippen LogP contribution >= 0.6 is 15.9 Å². The number of hydrogen-bond acceptors (Lipinski definition) is 2. The zero-order valence-electron chi connectivity index (χ0n) is 11.2. The molecule has 2 fully saturated rings. The number of ether oxygens (including phenoxy) is 1. The van der Waals surface area contributed by atoms with Crippen molar-refractivity contribution in [2.24, 2.45) is 11.8 Å². The lowest BCUT2D eigenvalue weighted by molar-refractivity contribution is -0.185. The number of carbonyl (C=O) groups is 1. The first-order valence-corrected chi connectivity index (χ1v) is 8.07. The van der Waals surface area contributed by atoms with E-state index < -0.39 is 12.1 Å². The number of amides is 1. The molecule has 1 unspecified atom stereocenters. The molecule has 2 aliphatic rings. The molecule has 0 aromatic carbocycles. The van der Waals surface area contributed by atoms with E-state index in [1.54, 1.807) is 4.90 Å². The van der Waals surface area contributed by atoms with Gasteiger partial charge in [-0.2, -0.15) is 13.2 Å². The van der Waals surface area contributed by atoms with Crippen molar-refractivity contribution < 1.29 is 22.7 Å². The molecule has 3 nitrogen and oxygen atoms in total. The predicted octanol–water partition coefficient (Wildman–Crippen LogP) is 2.98. The molecule has 1 heterocycles. The van der Waals surface area contributed by atoms with Crippen LogP contribution in [0.2, 0.25) is 0 Å². The predicted molar refractivity (Wildman–Crippen MR) is 71.6 cm³/mol. The first kappa shape index (κ1) is 16.1. The molecule has 0 bridgehead atoms. The second kappa shape index (κ2) is 6.64. The third-order valence-electron chi connectivity index (χ3n) is 4.16. The second-order valence-corrected chi connectivity index (χ2v) is 6.17. The van der Waals surface area contributed by atoms with Crippen LogP contribution in [0.1, 0.15) is 25.7 Å². The lowest BCUT2D eigenvalue weighted by atomic mass is 9.81. The highest BCUT2D eigenvalue weighted by Crippen LogP contribution is 2.40. The normalized spacial score (nSPS) is 32.2. The molecular weight excluding hydrogens is 339 g/mol. The molecule has 20 heavy (non-hydrogen) atoms. The number of hydrogen-bond donors (Lipinski definition) is 0. The Hall–Kier alpha value is -0.300. The number of alkyl halides is 4. The molecular formula is C13H19BrF3NO2. The number of halogens is 4. The van der Waals surface area contributed by atoms with Gasteiger partial charge >= 0.3 is 6.18 Å². The average Bonchev–Trinajstić information content (AvgIpc) is 2.46. The summed E-state index contributed by atoms with van der Waals surface area (Å²) in [6.07, 6.45) is -3.29. The van der Waals surface area contributed by atoms with Gasteiger partial charge in [-0.15, -0.1) is 0 Å². The van der Waals surface area contributed by atoms with Crippen molar-refractivity contribution in [3.05, 3.63) is 0 Å². The highest BCUT2D eigenvalue weighted by atomic mass is 79.9. The summed E-state index contributed by atoms with van der Waals surface area (Å²) in [6, 6.07) is 0. The first-order chi connectivity index (χ1) is 9.41. The summed E-state index contributed by atoms with van der Waals surface area (Å²) in [5, 5.41) is 0.664. The van der Waals surface area contributed by atoms with E-state index in [1.165, 1.54) is 0 Å². The minimum absolute atomic E-state index is 0.000116. The molecule has 1 atom stereocenters. The molecule has 0 radical (unpaired) electrons. The average molecular weight is 358 g/mol. The van der Waals surface area contributed by atoms with Crippen LogP contribution in [-0.2, 0) is 9.53 Å². The maximum absolute atomic E-state index is 12.6. The lowest BCUT2D eigenvalue weighted by Gasteiger charge is -2.36. The Kier molecular flexibility index (Phi) is 5.34. The van der Waals surface area contributed by atoms with E-state index in [-0.39, 0.29) is 30.8 Å². The fraction of sp³-hybridized carbons (Fsp3) is 0.923. The fourth-order valence-electron chi connectivity index (χ4n) is 2.94. The van der Waals surface area contributed by atoms with E-state index in [0.29, 0.717) is 37.9 Å². The number of nitrogens with zero attached hydrogens (tertiary/aromatic N) is 1. The Balaban J connectivity index is 1.85. The van der Waals surface area contributed by atoms with Gasteiger partial charge in [0.25, 0.3) is 0 Å². The minimum atomic E-state index is -4.12. The van der Waals surface area contributed by atoms with E-state index >= 15 is 0 Å². The van der Waals surface area contributed by atoms with Gasteiger partial charge in [0.05, 0.1) is 18.6 Å². The molecule has 1 aliphatic heterocycles. The van der Waals surface area contributed by atoms with E-state index in [1.807, 2.05) is 0 Å². The van der Waals surface area contributed by atoms with Crippen LogP contribution in [-0.4, -0.2) is 48.1 Å². The van der Waals surface area contributed by atoms with Gasteiger partial charge in [-0.25, -0.2) is 0 Å². The fourth-order valence-corrected chi connectivity index (χ4v) is 3.33. The largest absolute Gasteiger partial charge is 0.391 e. The molecule has 2 rings (SSSR count). The Morgan fingerprint density at radius 3 is 2.45 bits per heavy atom. The molecule has 7 heteroatoms. The van der Waals surface area contributed by atoms with Crippen LogP contribution in [0.25, 0.3) is 0 Å². The van der Waals surface area contributed by atoms with Crippen LogP contribution in [0.15, 0.2) is 0 Å². The van der Waals surface area contributed by atoms with Gasteiger partial charge in [-0.1, -0.05) is 15.9 Å². The molecule has 116 valence electrons. The van der Waals surface area contributed by atoms with E-state index in [4.69, 9.17) is 4.74 Å². The zero-order valence-corrected chi connectivity index (χ0v) is 12.8. The zero-order chi connectivity index (χ0) is 14.8. The summed E-state index contributed by atoms with van der Waals surface area (Å²) in [5.74, 6) is -1.48. The summed E-state index contributed by atoms with van der Waals surface area (Å²) >= 11 is 3.33. The summed E-state index contributed by atoms with van der Waals surface area (Å²) in [6.45, 7) is 1.57. The Labute approximate surface area is 125 Å². The molecule has 1 aliphatic carbocycles. The van der Waals surface area contributed by atoms with Crippen LogP contribution in [0, 0.1) is 11.8 Å². The van der Waals surface area contributed by atoms with Crippen molar-refractivity contribution in [1.82, 2.24) is 4.90 Å². The third-order valence-corrected chi connectivity index (χ3v) is 4.88. The SMILES string of the molecule is O=C(C1CCC(C(F)(F)F)CC1)N1CCOC(CBr)C1. The Morgan fingerprint density at radius 2 is 1.90 bits per heavy atom. The topological polar surface area (TPSA) is 29.5 Å². The van der Waals surface area contributed by atoms with Crippen molar-refractivity contribution in [3.8, 4) is 0 Å². The van der Waals surface area contributed by atoms with Gasteiger partial charge < -0.3 is 9.64 Å². The second-order valence-electron chi connectivity index (χ2n) is 5.52. The summed E-state index contributed by atoms with van der Waals surface area (Å²) in [4.78, 5) is 14.1. The number of morpholine rings is 1. The minimum Gasteiger partial charge on any atom is -0.374 e. The van der Waals surface area contributed by atoms with E-state index in [9.17, 15) is 18.0 Å². The molecule has 0 aromatic heterocycles. The lowest BCUT2D eigenvalue weighted by Crippen LogP contribution is -2.49. The summed E-state index contributed by atoms with van der Waals surface area (Å²) in [7, 11) is 0. The van der Waals surface area contributed by atoms with Gasteiger partial charge in [-0.3, -0.25) is 4.79 Å². The van der Waals surface area contributed by atoms with Gasteiger partial charge in [-0.05, 0) is 25.7 Å². The molecule has 0 N–H and O–H groups in total. The van der Waals surface area contributed by atoms with Gasteiger partial charge in [0.15, 0.2) is 0 Å². The van der Waals surface area contributed by atoms with Gasteiger partial charge in [0.1, 0.15) is 0 Å². The Morgan fingerprint density at radius 1 is 1.25 bits per heavy atom. The van der Waals surface area contributed by atoms with E-state index in [2.05, 4.69) is 15.9 Å². The summed E-state index contributed by atoms with van der Waals surface area (Å²) < 4.78 is 43.3. The molecule has 1 saturated carbocycles.